The van der Waals surface area contributed by atoms with E-state index in [2.05, 4.69) is 12.5 Å². The van der Waals surface area contributed by atoms with Crippen molar-refractivity contribution in [1.29, 1.82) is 0 Å². The molecule has 0 aliphatic carbocycles. The zero-order chi connectivity index (χ0) is 65.2. The van der Waals surface area contributed by atoms with E-state index >= 15 is 0 Å². The van der Waals surface area contributed by atoms with Gasteiger partial charge in [0, 0.05) is 25.7 Å². The average molecular weight is 1370 g/mol. The average Bonchev–Trinajstić information content (AvgIpc) is 1.16. The fraction of sp³-hybridized carbons (Fsp3) is 1.00. The van der Waals surface area contributed by atoms with E-state index in [1.54, 1.807) is 0 Å². The van der Waals surface area contributed by atoms with E-state index in [0.29, 0.717) is 0 Å². The van der Waals surface area contributed by atoms with Crippen molar-refractivity contribution in [2.45, 2.75) is 222 Å². The highest BCUT2D eigenvalue weighted by atomic mass is 32.3. The fourth-order valence-electron chi connectivity index (χ4n) is 10.7. The van der Waals surface area contributed by atoms with Crippen LogP contribution < -0.4 is 22.9 Å². The number of hydrogen-bond acceptors (Lipinski definition) is 39. The molecule has 8 aliphatic heterocycles. The minimum Gasteiger partial charge on any atom is -0.394 e. The Hall–Kier alpha value is -1.59. The molecule has 0 spiro atoms. The molecule has 8 heterocycles. The molecule has 0 amide bonds. The molecule has 89 heavy (non-hydrogen) atoms. The van der Waals surface area contributed by atoms with E-state index in [4.69, 9.17) is 98.5 Å². The van der Waals surface area contributed by atoms with Crippen LogP contribution in [0.2, 0.25) is 0 Å². The van der Waals surface area contributed by atoms with Crippen molar-refractivity contribution >= 4 is 31.2 Å². The first-order chi connectivity index (χ1) is 41.7. The van der Waals surface area contributed by atoms with Crippen molar-refractivity contribution in [3.05, 3.63) is 0 Å². The van der Waals surface area contributed by atoms with Gasteiger partial charge in [-0.25, -0.2) is 12.5 Å². The van der Waals surface area contributed by atoms with Crippen molar-refractivity contribution in [1.82, 2.24) is 0 Å². The minimum atomic E-state index is -5.20. The standard InChI is InChI=1S/C44H78N4O38S3/c45-29-33(55)38(22(76-41(29)59)10-73-87(60,61)62)84-26-2-15(52)20(8-70-26)79-43-31(47)36(58)40(24(81-43)12-75-89(66,67)68)86-28-4-16(53)21(9-72-28)80-44-32(48)35(57)39(23(82-44)11-74-88(63,64)65)85-27-3-14(51)19(7-71-27)78-42-30(46)34(56)37(18(5-49)77-42)83-25-1-13(50)17(54)6-69-25/h13-44,49-59H,1-12,45-48H2,(H,60,61,62)(H,63,64,65)(H,66,67,68)/t13-,14-,15-,16-,17+,18?,19-,20-,21?,22?,23?,24?,25-,26-,27-,28-,29?,30?,31?,32?,33+,34-,35+,36+,37+,38+,39+,40+,41-,42-,43+,44+/m0/s1. The zero-order valence-corrected chi connectivity index (χ0v) is 49.0. The third-order valence-electron chi connectivity index (χ3n) is 15.6. The third kappa shape index (κ3) is 19.3. The summed E-state index contributed by atoms with van der Waals surface area (Å²) in [5, 5.41) is 118. The Kier molecular flexibility index (Phi) is 25.6. The van der Waals surface area contributed by atoms with Gasteiger partial charge in [-0.2, -0.15) is 25.3 Å². The minimum absolute atomic E-state index is 0.173. The number of aliphatic hydroxyl groups is 11. The number of hydrogen-bond donors (Lipinski definition) is 18. The second-order valence-corrected chi connectivity index (χ2v) is 25.3. The molecule has 0 aromatic heterocycles. The number of nitrogens with two attached hydrogens (primary N) is 4. The normalized spacial score (nSPS) is 47.4. The molecule has 0 radical (unpaired) electrons. The van der Waals surface area contributed by atoms with E-state index < -0.39 is 293 Å². The van der Waals surface area contributed by atoms with Crippen LogP contribution >= 0.6 is 0 Å². The summed E-state index contributed by atoms with van der Waals surface area (Å²) in [5.74, 6) is 0. The van der Waals surface area contributed by atoms with Crippen LogP contribution in [0.5, 0.6) is 0 Å². The first-order valence-electron chi connectivity index (χ1n) is 27.6. The van der Waals surface area contributed by atoms with Crippen molar-refractivity contribution in [2.24, 2.45) is 22.9 Å². The van der Waals surface area contributed by atoms with Gasteiger partial charge in [0.15, 0.2) is 50.3 Å². The quantitative estimate of drug-likeness (QED) is 0.0399. The molecule has 0 bridgehead atoms. The maximum Gasteiger partial charge on any atom is 0.397 e. The molecule has 45 heteroatoms. The summed E-state index contributed by atoms with van der Waals surface area (Å²) >= 11 is 0. The van der Waals surface area contributed by atoms with E-state index in [1.807, 2.05) is 0 Å². The Balaban J connectivity index is 0.832. The molecule has 0 aromatic rings. The summed E-state index contributed by atoms with van der Waals surface area (Å²) in [7, 11) is -15.4. The number of ether oxygens (including phenoxy) is 15. The van der Waals surface area contributed by atoms with Crippen LogP contribution in [0.4, 0.5) is 0 Å². The van der Waals surface area contributed by atoms with E-state index in [9.17, 15) is 90.5 Å². The van der Waals surface area contributed by atoms with E-state index in [1.165, 1.54) is 0 Å². The molecule has 42 nitrogen and oxygen atoms in total. The van der Waals surface area contributed by atoms with Gasteiger partial charge in [-0.15, -0.1) is 0 Å². The summed E-state index contributed by atoms with van der Waals surface area (Å²) < 4.78 is 197. The molecule has 8 rings (SSSR count). The van der Waals surface area contributed by atoms with Crippen molar-refractivity contribution in [3.8, 4) is 0 Å². The first-order valence-corrected chi connectivity index (χ1v) is 31.7. The molecule has 8 saturated heterocycles. The van der Waals surface area contributed by atoms with Gasteiger partial charge in [0.05, 0.1) is 101 Å². The Labute approximate surface area is 506 Å². The lowest BCUT2D eigenvalue weighted by molar-refractivity contribution is -0.350. The van der Waals surface area contributed by atoms with E-state index in [-0.39, 0.29) is 13.0 Å². The highest BCUT2D eigenvalue weighted by Gasteiger charge is 2.54. The van der Waals surface area contributed by atoms with Crippen LogP contribution in [0.1, 0.15) is 25.7 Å². The topological polar surface area (TPSA) is 656 Å². The van der Waals surface area contributed by atoms with Gasteiger partial charge in [-0.05, 0) is 0 Å². The van der Waals surface area contributed by atoms with Crippen molar-refractivity contribution in [2.75, 3.05) is 52.9 Å². The van der Waals surface area contributed by atoms with Gasteiger partial charge in [0.2, 0.25) is 0 Å². The largest absolute Gasteiger partial charge is 0.397 e. The third-order valence-corrected chi connectivity index (χ3v) is 16.9. The van der Waals surface area contributed by atoms with Gasteiger partial charge in [-0.1, -0.05) is 0 Å². The molecule has 32 atom stereocenters. The lowest BCUT2D eigenvalue weighted by Crippen LogP contribution is -2.66. The number of aliphatic hydroxyl groups excluding tert-OH is 11. The second kappa shape index (κ2) is 31.1. The summed E-state index contributed by atoms with van der Waals surface area (Å²) in [6.45, 7) is -5.69. The van der Waals surface area contributed by atoms with Gasteiger partial charge in [0.25, 0.3) is 0 Å². The SMILES string of the molecule is NC1[C@H](OC2CO[C@@H](O[C@@H]3C(COS(=O)(=O)O)O[C@@H](O[C@H]4CO[C@@H](O[C@@H]5C(COS(=O)(=O)O)O[C@H](O)C(N)[C@H]5O)C[C@@H]4O)C(N)[C@H]3O)C[C@@H]2O)OC(COS(=O)(=O)O)[C@@H](O[C@H]2C[C@H](O)[C@@H](O[C@@H]3OC(CO)[C@@H](O[C@H]4C[C@H](O)[C@H](O)CO4)[C@@H](O)C3N)CO2)[C@@H]1O. The molecule has 8 fully saturated rings. The van der Waals surface area contributed by atoms with Crippen molar-refractivity contribution < 1.29 is 179 Å². The maximum atomic E-state index is 11.7. The van der Waals surface area contributed by atoms with Crippen LogP contribution in [-0.2, 0) is 115 Å². The van der Waals surface area contributed by atoms with Crippen LogP contribution in [0, 0.1) is 0 Å². The van der Waals surface area contributed by atoms with Gasteiger partial charge < -0.3 is 150 Å². The first kappa shape index (κ1) is 73.2. The predicted molar refractivity (Wildman–Crippen MR) is 274 cm³/mol. The van der Waals surface area contributed by atoms with Crippen LogP contribution in [0.15, 0.2) is 0 Å². The summed E-state index contributed by atoms with van der Waals surface area (Å²) in [6.07, 6.45) is -44.2. The lowest BCUT2D eigenvalue weighted by atomic mass is 9.96. The highest BCUT2D eigenvalue weighted by molar-refractivity contribution is 7.81. The maximum absolute atomic E-state index is 11.7. The monoisotopic (exact) mass is 1370 g/mol. The Morgan fingerprint density at radius 2 is 0.640 bits per heavy atom. The lowest BCUT2D eigenvalue weighted by Gasteiger charge is -2.47. The molecule has 0 saturated carbocycles. The molecular weight excluding hydrogens is 1290 g/mol. The summed E-state index contributed by atoms with van der Waals surface area (Å²) in [4.78, 5) is 0. The molecule has 22 N–H and O–H groups in total. The van der Waals surface area contributed by atoms with Crippen LogP contribution in [0.3, 0.4) is 0 Å². The molecule has 8 aliphatic rings. The molecule has 520 valence electrons. The fourth-order valence-corrected chi connectivity index (χ4v) is 11.7. The zero-order valence-electron chi connectivity index (χ0n) is 46.6. The predicted octanol–water partition coefficient (Wildman–Crippen LogP) is -12.4. The summed E-state index contributed by atoms with van der Waals surface area (Å²) in [6, 6.07) is -6.04. The molecule has 9 unspecified atom stereocenters. The highest BCUT2D eigenvalue weighted by Crippen LogP contribution is 2.36. The molecular formula is C44H78N4O38S3. The Bertz CT molecular complexity index is 2580. The van der Waals surface area contributed by atoms with Crippen molar-refractivity contribution in [3.63, 3.8) is 0 Å². The second-order valence-electron chi connectivity index (χ2n) is 22.0. The van der Waals surface area contributed by atoms with Gasteiger partial charge in [-0.3, -0.25) is 13.7 Å². The smallest absolute Gasteiger partial charge is 0.394 e. The van der Waals surface area contributed by atoms with E-state index in [0.717, 1.165) is 0 Å². The van der Waals surface area contributed by atoms with Crippen LogP contribution in [0.25, 0.3) is 0 Å². The van der Waals surface area contributed by atoms with Crippen LogP contribution in [-0.4, -0.2) is 345 Å². The summed E-state index contributed by atoms with van der Waals surface area (Å²) in [5.41, 5.74) is 24.7. The Morgan fingerprint density at radius 1 is 0.360 bits per heavy atom. The Morgan fingerprint density at radius 3 is 0.944 bits per heavy atom. The van der Waals surface area contributed by atoms with Gasteiger partial charge in [0.1, 0.15) is 97.7 Å². The molecule has 0 aromatic carbocycles. The van der Waals surface area contributed by atoms with Gasteiger partial charge >= 0.3 is 31.2 Å². The number of rotatable bonds is 24.